The molecule has 0 saturated heterocycles. The molecular weight excluding hydrogens is 775 g/mol. The summed E-state index contributed by atoms with van der Waals surface area (Å²) in [5, 5.41) is 7.52. The normalized spacial score (nSPS) is 14.0. The molecule has 1 unspecified atom stereocenters. The summed E-state index contributed by atoms with van der Waals surface area (Å²) >= 11 is 0. The van der Waals surface area contributed by atoms with E-state index in [0.29, 0.717) is 5.82 Å². The summed E-state index contributed by atoms with van der Waals surface area (Å²) in [6.45, 7) is 10.5. The van der Waals surface area contributed by atoms with Crippen LogP contribution in [0.15, 0.2) is 189 Å². The van der Waals surface area contributed by atoms with Gasteiger partial charge < -0.3 is 0 Å². The first-order valence-electron chi connectivity index (χ1n) is 22.3. The molecule has 0 radical (unpaired) electrons. The number of rotatable bonds is 10. The van der Waals surface area contributed by atoms with Crippen molar-refractivity contribution in [3.05, 3.63) is 222 Å². The van der Waals surface area contributed by atoms with Gasteiger partial charge in [-0.25, -0.2) is 9.97 Å². The van der Waals surface area contributed by atoms with Crippen molar-refractivity contribution in [3.8, 4) is 44.9 Å². The number of aromatic nitrogens is 3. The maximum absolute atomic E-state index is 5.37. The average molecular weight is 824 g/mol. The predicted octanol–water partition coefficient (Wildman–Crippen LogP) is 16.5. The number of aryl methyl sites for hydroxylation is 1. The number of allylic oxidation sites excluding steroid dienone is 6. The number of hydrogen-bond donors (Lipinski definition) is 0. The molecule has 7 aromatic carbocycles. The Labute approximate surface area is 376 Å². The summed E-state index contributed by atoms with van der Waals surface area (Å²) < 4.78 is 0. The Kier molecular flexibility index (Phi) is 11.1. The van der Waals surface area contributed by atoms with Gasteiger partial charge in [-0.1, -0.05) is 183 Å². The van der Waals surface area contributed by atoms with E-state index in [2.05, 4.69) is 214 Å². The van der Waals surface area contributed by atoms with Gasteiger partial charge in [0.15, 0.2) is 5.82 Å². The van der Waals surface area contributed by atoms with Gasteiger partial charge in [0, 0.05) is 35.0 Å². The molecule has 3 heteroatoms. The fraction of sp³-hybridized carbons (Fsp3) is 0.0984. The molecule has 1 aliphatic carbocycles. The third kappa shape index (κ3) is 7.60. The highest BCUT2D eigenvalue weighted by Crippen LogP contribution is 2.41. The van der Waals surface area contributed by atoms with Crippen LogP contribution in [0.1, 0.15) is 66.1 Å². The van der Waals surface area contributed by atoms with Gasteiger partial charge in [-0.15, -0.1) is 0 Å². The van der Waals surface area contributed by atoms with E-state index < -0.39 is 0 Å². The van der Waals surface area contributed by atoms with Crippen LogP contribution in [0.25, 0.3) is 101 Å². The SMILES string of the molecule is C=Cc1c(/C=C\C)cc(-c2ccc(-c3nc(C4=CC=CC(c5cc6ccccc6c6ccccc56)C4)cc(-c4ccc(-c5cncc(C)c5/C=C\CC)cc4)n3)cc2)c2ccccc12. The summed E-state index contributed by atoms with van der Waals surface area (Å²) in [4.78, 5) is 15.2. The number of pyridine rings is 1. The Balaban J connectivity index is 1.07. The minimum Gasteiger partial charge on any atom is -0.264 e. The minimum absolute atomic E-state index is 0.184. The molecule has 308 valence electrons. The molecule has 0 saturated carbocycles. The molecule has 0 amide bonds. The van der Waals surface area contributed by atoms with Gasteiger partial charge in [0.25, 0.3) is 0 Å². The number of hydrogen-bond acceptors (Lipinski definition) is 3. The van der Waals surface area contributed by atoms with Crippen molar-refractivity contribution < 1.29 is 0 Å². The van der Waals surface area contributed by atoms with Gasteiger partial charge in [0.1, 0.15) is 0 Å². The van der Waals surface area contributed by atoms with Crippen LogP contribution in [-0.2, 0) is 0 Å². The van der Waals surface area contributed by atoms with Crippen LogP contribution >= 0.6 is 0 Å². The largest absolute Gasteiger partial charge is 0.264 e. The van der Waals surface area contributed by atoms with Gasteiger partial charge in [-0.2, -0.15) is 0 Å². The molecule has 0 bridgehead atoms. The van der Waals surface area contributed by atoms with E-state index in [9.17, 15) is 0 Å². The second kappa shape index (κ2) is 17.6. The Bertz CT molecular complexity index is 3360. The Morgan fingerprint density at radius 1 is 0.625 bits per heavy atom. The van der Waals surface area contributed by atoms with Crippen molar-refractivity contribution in [1.29, 1.82) is 0 Å². The van der Waals surface area contributed by atoms with E-state index in [1.54, 1.807) is 0 Å². The molecule has 0 fully saturated rings. The standard InChI is InChI=1S/C61H49N3/c1-5-8-20-50-40(4)38-62-39-58(50)42-26-30-43(31-27-42)59-37-60(48-19-15-18-46(34-48)57-36-47-17-9-10-21-51(47)53-23-12-14-25-55(53)57)64-61(63-59)44-32-28-41(29-33-44)56-35-45(16-6-2)49(7-3)52-22-11-13-24-54(52)56/h6-33,35-39,46H,3,5,34H2,1-2,4H3/b16-6-,20-8-. The van der Waals surface area contributed by atoms with Crippen LogP contribution in [0.2, 0.25) is 0 Å². The fourth-order valence-electron chi connectivity index (χ4n) is 9.45. The predicted molar refractivity (Wildman–Crippen MR) is 274 cm³/mol. The molecule has 64 heavy (non-hydrogen) atoms. The summed E-state index contributed by atoms with van der Waals surface area (Å²) in [7, 11) is 0. The topological polar surface area (TPSA) is 38.7 Å². The van der Waals surface area contributed by atoms with E-state index in [1.807, 2.05) is 18.5 Å². The molecule has 2 aromatic heterocycles. The first kappa shape index (κ1) is 40.3. The molecule has 0 aliphatic heterocycles. The highest BCUT2D eigenvalue weighted by atomic mass is 14.9. The van der Waals surface area contributed by atoms with Gasteiger partial charge in [-0.3, -0.25) is 4.98 Å². The lowest BCUT2D eigenvalue weighted by Gasteiger charge is -2.22. The van der Waals surface area contributed by atoms with E-state index >= 15 is 0 Å². The maximum Gasteiger partial charge on any atom is 0.160 e. The molecule has 1 atom stereocenters. The lowest BCUT2D eigenvalue weighted by molar-refractivity contribution is 0.872. The summed E-state index contributed by atoms with van der Waals surface area (Å²) in [5.74, 6) is 0.881. The van der Waals surface area contributed by atoms with E-state index in [0.717, 1.165) is 68.7 Å². The molecule has 0 N–H and O–H groups in total. The Hall–Kier alpha value is -7.75. The van der Waals surface area contributed by atoms with E-state index in [1.165, 1.54) is 54.6 Å². The second-order valence-electron chi connectivity index (χ2n) is 16.6. The van der Waals surface area contributed by atoms with E-state index in [-0.39, 0.29) is 5.92 Å². The molecule has 9 aromatic rings. The van der Waals surface area contributed by atoms with E-state index in [4.69, 9.17) is 9.97 Å². The van der Waals surface area contributed by atoms with Crippen LogP contribution in [0.4, 0.5) is 0 Å². The zero-order chi connectivity index (χ0) is 43.6. The molecule has 0 spiro atoms. The second-order valence-corrected chi connectivity index (χ2v) is 16.6. The summed E-state index contributed by atoms with van der Waals surface area (Å²) in [6, 6.07) is 50.5. The van der Waals surface area contributed by atoms with Crippen molar-refractivity contribution >= 4 is 56.1 Å². The zero-order valence-corrected chi connectivity index (χ0v) is 36.6. The Morgan fingerprint density at radius 3 is 2.03 bits per heavy atom. The van der Waals surface area contributed by atoms with Crippen LogP contribution in [0.5, 0.6) is 0 Å². The highest BCUT2D eigenvalue weighted by molar-refractivity contribution is 6.09. The number of nitrogens with zero attached hydrogens (tertiary/aromatic N) is 3. The smallest absolute Gasteiger partial charge is 0.160 e. The van der Waals surface area contributed by atoms with Crippen molar-refractivity contribution in [2.45, 2.75) is 39.5 Å². The maximum atomic E-state index is 5.37. The quantitative estimate of drug-likeness (QED) is 0.129. The average Bonchev–Trinajstić information content (AvgIpc) is 3.35. The van der Waals surface area contributed by atoms with Gasteiger partial charge in [0.2, 0.25) is 0 Å². The van der Waals surface area contributed by atoms with Crippen molar-refractivity contribution in [1.82, 2.24) is 15.0 Å². The molecule has 2 heterocycles. The number of fused-ring (bicyclic) bond motifs is 4. The fourth-order valence-corrected chi connectivity index (χ4v) is 9.45. The van der Waals surface area contributed by atoms with Crippen LogP contribution < -0.4 is 0 Å². The molecular formula is C61H49N3. The summed E-state index contributed by atoms with van der Waals surface area (Å²) in [6.07, 6.45) is 23.1. The first-order chi connectivity index (χ1) is 31.5. The van der Waals surface area contributed by atoms with Crippen molar-refractivity contribution in [2.75, 3.05) is 0 Å². The monoisotopic (exact) mass is 823 g/mol. The third-order valence-electron chi connectivity index (χ3n) is 12.7. The zero-order valence-electron chi connectivity index (χ0n) is 36.6. The van der Waals surface area contributed by atoms with Gasteiger partial charge >= 0.3 is 0 Å². The van der Waals surface area contributed by atoms with Crippen molar-refractivity contribution in [2.24, 2.45) is 0 Å². The van der Waals surface area contributed by atoms with Crippen molar-refractivity contribution in [3.63, 3.8) is 0 Å². The lowest BCUT2D eigenvalue weighted by Crippen LogP contribution is -2.05. The van der Waals surface area contributed by atoms with Gasteiger partial charge in [-0.05, 0) is 127 Å². The highest BCUT2D eigenvalue weighted by Gasteiger charge is 2.21. The van der Waals surface area contributed by atoms with Crippen LogP contribution in [-0.4, -0.2) is 15.0 Å². The van der Waals surface area contributed by atoms with Crippen LogP contribution in [0, 0.1) is 6.92 Å². The number of benzene rings is 7. The lowest BCUT2D eigenvalue weighted by atomic mass is 9.83. The molecule has 1 aliphatic rings. The Morgan fingerprint density at radius 2 is 1.28 bits per heavy atom. The van der Waals surface area contributed by atoms with Gasteiger partial charge in [0.05, 0.1) is 11.4 Å². The third-order valence-corrected chi connectivity index (χ3v) is 12.7. The van der Waals surface area contributed by atoms with Crippen LogP contribution in [0.3, 0.4) is 0 Å². The first-order valence-corrected chi connectivity index (χ1v) is 22.3. The molecule has 10 rings (SSSR count). The molecule has 3 nitrogen and oxygen atoms in total. The minimum atomic E-state index is 0.184. The summed E-state index contributed by atoms with van der Waals surface area (Å²) in [5.41, 5.74) is 15.6.